The molecule has 2 aromatic heterocycles. The highest BCUT2D eigenvalue weighted by atomic mass is 16.4. The first kappa shape index (κ1) is 12.1. The standard InChI is InChI=1S/C13H10N4O3/c18-12-8-3-1-2-4-9(8)15-11(16-12)6-17-5-10(13(19)20)14-7-17/h1-5,7H,6H2,(H,19,20)(H,15,16,18). The van der Waals surface area contributed by atoms with Crippen LogP contribution < -0.4 is 5.56 Å². The van der Waals surface area contributed by atoms with Crippen molar-refractivity contribution in [3.05, 3.63) is 58.7 Å². The van der Waals surface area contributed by atoms with E-state index in [1.165, 1.54) is 12.5 Å². The van der Waals surface area contributed by atoms with Gasteiger partial charge in [-0.2, -0.15) is 0 Å². The number of para-hydroxylation sites is 1. The average molecular weight is 270 g/mol. The normalized spacial score (nSPS) is 10.8. The SMILES string of the molecule is O=C(O)c1cn(Cc2nc3ccccc3c(=O)[nH]2)cn1. The van der Waals surface area contributed by atoms with Gasteiger partial charge in [-0.05, 0) is 12.1 Å². The van der Waals surface area contributed by atoms with Crippen molar-refractivity contribution in [2.75, 3.05) is 0 Å². The number of carboxylic acid groups (broad SMARTS) is 1. The summed E-state index contributed by atoms with van der Waals surface area (Å²) in [5.74, 6) is -0.647. The Bertz CT molecular complexity index is 850. The van der Waals surface area contributed by atoms with Crippen molar-refractivity contribution in [3.8, 4) is 0 Å². The van der Waals surface area contributed by atoms with E-state index in [9.17, 15) is 9.59 Å². The van der Waals surface area contributed by atoms with Crippen LogP contribution in [0.2, 0.25) is 0 Å². The topological polar surface area (TPSA) is 101 Å². The van der Waals surface area contributed by atoms with E-state index in [-0.39, 0.29) is 17.8 Å². The van der Waals surface area contributed by atoms with Gasteiger partial charge in [-0.3, -0.25) is 4.79 Å². The predicted molar refractivity (Wildman–Crippen MR) is 70.7 cm³/mol. The minimum Gasteiger partial charge on any atom is -0.476 e. The molecule has 0 bridgehead atoms. The summed E-state index contributed by atoms with van der Waals surface area (Å²) >= 11 is 0. The number of hydrogen-bond acceptors (Lipinski definition) is 4. The number of rotatable bonds is 3. The minimum absolute atomic E-state index is 0.0480. The van der Waals surface area contributed by atoms with E-state index in [0.717, 1.165) is 0 Å². The quantitative estimate of drug-likeness (QED) is 0.735. The van der Waals surface area contributed by atoms with E-state index >= 15 is 0 Å². The van der Waals surface area contributed by atoms with Crippen LogP contribution in [0.1, 0.15) is 16.3 Å². The lowest BCUT2D eigenvalue weighted by Crippen LogP contribution is -2.13. The Balaban J connectivity index is 1.98. The number of hydrogen-bond donors (Lipinski definition) is 2. The van der Waals surface area contributed by atoms with Crippen LogP contribution in [0.4, 0.5) is 0 Å². The number of carboxylic acids is 1. The van der Waals surface area contributed by atoms with E-state index in [0.29, 0.717) is 16.7 Å². The molecule has 0 aliphatic rings. The molecule has 0 unspecified atom stereocenters. The lowest BCUT2D eigenvalue weighted by atomic mass is 10.2. The van der Waals surface area contributed by atoms with Crippen LogP contribution in [0.3, 0.4) is 0 Å². The number of nitrogens with zero attached hydrogens (tertiary/aromatic N) is 3. The first-order chi connectivity index (χ1) is 9.63. The molecular weight excluding hydrogens is 260 g/mol. The van der Waals surface area contributed by atoms with Gasteiger partial charge in [0.2, 0.25) is 0 Å². The van der Waals surface area contributed by atoms with Crippen LogP contribution >= 0.6 is 0 Å². The maximum Gasteiger partial charge on any atom is 0.356 e. The molecule has 3 aromatic rings. The Morgan fingerprint density at radius 2 is 2.15 bits per heavy atom. The first-order valence-electron chi connectivity index (χ1n) is 5.86. The molecule has 1 aromatic carbocycles. The molecule has 2 N–H and O–H groups in total. The molecule has 20 heavy (non-hydrogen) atoms. The monoisotopic (exact) mass is 270 g/mol. The molecule has 0 amide bonds. The molecule has 100 valence electrons. The third-order valence-corrected chi connectivity index (χ3v) is 2.85. The molecule has 0 saturated carbocycles. The number of fused-ring (bicyclic) bond motifs is 1. The maximum absolute atomic E-state index is 11.9. The maximum atomic E-state index is 11.9. The van der Waals surface area contributed by atoms with Crippen LogP contribution in [-0.4, -0.2) is 30.6 Å². The van der Waals surface area contributed by atoms with Gasteiger partial charge in [-0.25, -0.2) is 14.8 Å². The summed E-state index contributed by atoms with van der Waals surface area (Å²) in [6.45, 7) is 0.250. The largest absolute Gasteiger partial charge is 0.476 e. The molecule has 0 saturated heterocycles. The second-order valence-corrected chi connectivity index (χ2v) is 4.27. The summed E-state index contributed by atoms with van der Waals surface area (Å²) in [7, 11) is 0. The van der Waals surface area contributed by atoms with Gasteiger partial charge < -0.3 is 14.7 Å². The summed E-state index contributed by atoms with van der Waals surface area (Å²) in [4.78, 5) is 33.4. The van der Waals surface area contributed by atoms with E-state index in [4.69, 9.17) is 5.11 Å². The second-order valence-electron chi connectivity index (χ2n) is 4.27. The summed E-state index contributed by atoms with van der Waals surface area (Å²) in [5, 5.41) is 9.32. The summed E-state index contributed by atoms with van der Waals surface area (Å²) in [5.41, 5.74) is 0.335. The average Bonchev–Trinajstić information content (AvgIpc) is 2.87. The van der Waals surface area contributed by atoms with Gasteiger partial charge in [0.1, 0.15) is 5.82 Å². The van der Waals surface area contributed by atoms with Gasteiger partial charge in [0.05, 0.1) is 23.8 Å². The minimum atomic E-state index is -1.09. The van der Waals surface area contributed by atoms with E-state index in [2.05, 4.69) is 15.0 Å². The third kappa shape index (κ3) is 2.16. The number of benzene rings is 1. The molecule has 0 spiro atoms. The molecule has 7 nitrogen and oxygen atoms in total. The van der Waals surface area contributed by atoms with Crippen molar-refractivity contribution in [2.24, 2.45) is 0 Å². The van der Waals surface area contributed by atoms with Crippen molar-refractivity contribution in [1.29, 1.82) is 0 Å². The van der Waals surface area contributed by atoms with Crippen LogP contribution in [0.25, 0.3) is 10.9 Å². The zero-order valence-electron chi connectivity index (χ0n) is 10.3. The van der Waals surface area contributed by atoms with Crippen LogP contribution in [-0.2, 0) is 6.54 Å². The van der Waals surface area contributed by atoms with Crippen molar-refractivity contribution in [3.63, 3.8) is 0 Å². The molecular formula is C13H10N4O3. The van der Waals surface area contributed by atoms with Gasteiger partial charge >= 0.3 is 5.97 Å². The van der Waals surface area contributed by atoms with Crippen molar-refractivity contribution in [1.82, 2.24) is 19.5 Å². The Hall–Kier alpha value is -2.96. The molecule has 0 aliphatic carbocycles. The Labute approximate surface area is 112 Å². The predicted octanol–water partition coefficient (Wildman–Crippen LogP) is 0.866. The number of carbonyl (C=O) groups is 1. The van der Waals surface area contributed by atoms with Crippen LogP contribution in [0.15, 0.2) is 41.6 Å². The van der Waals surface area contributed by atoms with Crippen LogP contribution in [0.5, 0.6) is 0 Å². The van der Waals surface area contributed by atoms with Crippen molar-refractivity contribution >= 4 is 16.9 Å². The van der Waals surface area contributed by atoms with Gasteiger partial charge in [-0.15, -0.1) is 0 Å². The van der Waals surface area contributed by atoms with Gasteiger partial charge in [0.15, 0.2) is 5.69 Å². The van der Waals surface area contributed by atoms with E-state index in [1.807, 2.05) is 0 Å². The molecule has 7 heteroatoms. The van der Waals surface area contributed by atoms with Gasteiger partial charge in [-0.1, -0.05) is 12.1 Å². The van der Waals surface area contributed by atoms with Gasteiger partial charge in [0.25, 0.3) is 5.56 Å². The lowest BCUT2D eigenvalue weighted by molar-refractivity contribution is 0.0691. The Morgan fingerprint density at radius 1 is 1.35 bits per heavy atom. The highest BCUT2D eigenvalue weighted by molar-refractivity contribution is 5.84. The fourth-order valence-corrected chi connectivity index (χ4v) is 1.94. The molecule has 2 heterocycles. The number of aromatic nitrogens is 4. The third-order valence-electron chi connectivity index (χ3n) is 2.85. The van der Waals surface area contributed by atoms with Gasteiger partial charge in [0, 0.05) is 6.20 Å². The fourth-order valence-electron chi connectivity index (χ4n) is 1.94. The Morgan fingerprint density at radius 3 is 2.90 bits per heavy atom. The molecule has 0 fully saturated rings. The smallest absolute Gasteiger partial charge is 0.356 e. The number of aromatic carboxylic acids is 1. The summed E-state index contributed by atoms with van der Waals surface area (Å²) in [6, 6.07) is 7.03. The highest BCUT2D eigenvalue weighted by Crippen LogP contribution is 2.06. The number of H-pyrrole nitrogens is 1. The number of aromatic amines is 1. The zero-order chi connectivity index (χ0) is 14.1. The first-order valence-corrected chi connectivity index (χ1v) is 5.86. The zero-order valence-corrected chi connectivity index (χ0v) is 10.3. The number of nitrogens with one attached hydrogen (secondary N) is 1. The lowest BCUT2D eigenvalue weighted by Gasteiger charge is -2.03. The molecule has 0 aliphatic heterocycles. The summed E-state index contributed by atoms with van der Waals surface area (Å²) in [6.07, 6.45) is 2.77. The fraction of sp³-hybridized carbons (Fsp3) is 0.0769. The van der Waals surface area contributed by atoms with E-state index < -0.39 is 5.97 Å². The number of imidazole rings is 1. The highest BCUT2D eigenvalue weighted by Gasteiger charge is 2.08. The van der Waals surface area contributed by atoms with Crippen molar-refractivity contribution in [2.45, 2.75) is 6.54 Å². The molecule has 3 rings (SSSR count). The molecule has 0 atom stereocenters. The van der Waals surface area contributed by atoms with Crippen molar-refractivity contribution < 1.29 is 9.90 Å². The van der Waals surface area contributed by atoms with E-state index in [1.54, 1.807) is 28.8 Å². The second kappa shape index (κ2) is 4.61. The Kier molecular flexibility index (Phi) is 2.79. The molecule has 0 radical (unpaired) electrons. The summed E-state index contributed by atoms with van der Waals surface area (Å²) < 4.78 is 1.55. The van der Waals surface area contributed by atoms with Crippen LogP contribution in [0, 0.1) is 0 Å².